The van der Waals surface area contributed by atoms with Gasteiger partial charge in [0, 0.05) is 44.6 Å². The standard InChI is InChI=1S/C17H23ClN4O4/c1-12-13(17(18)20(2)19-12)8-9-15(24)22-11-5-10-21(22)14(23)6-4-7-16(25)26-3/h8-9H,4-7,10-11H2,1-3H3. The van der Waals surface area contributed by atoms with Gasteiger partial charge in [-0.1, -0.05) is 11.6 Å². The molecule has 0 unspecified atom stereocenters. The molecule has 0 aromatic carbocycles. The molecule has 0 spiro atoms. The van der Waals surface area contributed by atoms with Crippen molar-refractivity contribution >= 4 is 35.5 Å². The summed E-state index contributed by atoms with van der Waals surface area (Å²) in [6.45, 7) is 2.78. The first kappa shape index (κ1) is 20.0. The molecular formula is C17H23ClN4O4. The zero-order valence-electron chi connectivity index (χ0n) is 15.2. The monoisotopic (exact) mass is 382 g/mol. The van der Waals surface area contributed by atoms with Crippen LogP contribution in [0.15, 0.2) is 6.08 Å². The summed E-state index contributed by atoms with van der Waals surface area (Å²) in [6.07, 6.45) is 4.50. The van der Waals surface area contributed by atoms with Crippen LogP contribution in [-0.2, 0) is 26.2 Å². The summed E-state index contributed by atoms with van der Waals surface area (Å²) in [6, 6.07) is 0. The fourth-order valence-corrected chi connectivity index (χ4v) is 3.03. The van der Waals surface area contributed by atoms with E-state index in [0.29, 0.717) is 30.2 Å². The lowest BCUT2D eigenvalue weighted by Crippen LogP contribution is -2.44. The van der Waals surface area contributed by atoms with Crippen LogP contribution >= 0.6 is 11.6 Å². The SMILES string of the molecule is COC(=O)CCCC(=O)N1CCCN1C(=O)C=Cc1c(C)nn(C)c1Cl. The lowest BCUT2D eigenvalue weighted by atomic mass is 10.2. The highest BCUT2D eigenvalue weighted by Gasteiger charge is 2.29. The summed E-state index contributed by atoms with van der Waals surface area (Å²) < 4.78 is 6.09. The number of ether oxygens (including phenoxy) is 1. The lowest BCUT2D eigenvalue weighted by Gasteiger charge is -2.26. The van der Waals surface area contributed by atoms with Crippen molar-refractivity contribution in [2.75, 3.05) is 20.2 Å². The van der Waals surface area contributed by atoms with Crippen LogP contribution in [0.2, 0.25) is 5.15 Å². The number of hydrogen-bond donors (Lipinski definition) is 0. The minimum Gasteiger partial charge on any atom is -0.469 e. The molecule has 1 aromatic rings. The van der Waals surface area contributed by atoms with Gasteiger partial charge in [-0.3, -0.25) is 24.1 Å². The molecule has 0 atom stereocenters. The molecule has 0 radical (unpaired) electrons. The zero-order valence-corrected chi connectivity index (χ0v) is 16.0. The number of amides is 2. The zero-order chi connectivity index (χ0) is 19.3. The largest absolute Gasteiger partial charge is 0.469 e. The van der Waals surface area contributed by atoms with E-state index in [-0.39, 0.29) is 30.6 Å². The van der Waals surface area contributed by atoms with Crippen molar-refractivity contribution in [1.29, 1.82) is 0 Å². The maximum Gasteiger partial charge on any atom is 0.305 e. The first-order chi connectivity index (χ1) is 12.3. The third-order valence-electron chi connectivity index (χ3n) is 4.16. The van der Waals surface area contributed by atoms with E-state index >= 15 is 0 Å². The number of esters is 1. The van der Waals surface area contributed by atoms with Crippen LogP contribution in [0.25, 0.3) is 6.08 Å². The summed E-state index contributed by atoms with van der Waals surface area (Å²) >= 11 is 6.15. The molecule has 2 rings (SSSR count). The van der Waals surface area contributed by atoms with Crippen molar-refractivity contribution in [3.63, 3.8) is 0 Å². The van der Waals surface area contributed by atoms with E-state index in [1.807, 2.05) is 6.92 Å². The molecule has 2 amide bonds. The van der Waals surface area contributed by atoms with E-state index in [2.05, 4.69) is 9.84 Å². The van der Waals surface area contributed by atoms with E-state index in [0.717, 1.165) is 12.1 Å². The number of methoxy groups -OCH3 is 1. The van der Waals surface area contributed by atoms with Crippen molar-refractivity contribution < 1.29 is 19.1 Å². The molecule has 9 heteroatoms. The second-order valence-electron chi connectivity index (χ2n) is 6.01. The second-order valence-corrected chi connectivity index (χ2v) is 6.37. The van der Waals surface area contributed by atoms with E-state index in [9.17, 15) is 14.4 Å². The van der Waals surface area contributed by atoms with Crippen LogP contribution in [0.4, 0.5) is 0 Å². The Morgan fingerprint density at radius 3 is 2.54 bits per heavy atom. The molecule has 26 heavy (non-hydrogen) atoms. The van der Waals surface area contributed by atoms with Gasteiger partial charge < -0.3 is 4.74 Å². The van der Waals surface area contributed by atoms with E-state index in [1.54, 1.807) is 13.1 Å². The van der Waals surface area contributed by atoms with Crippen LogP contribution in [0.3, 0.4) is 0 Å². The Morgan fingerprint density at radius 2 is 1.92 bits per heavy atom. The van der Waals surface area contributed by atoms with Gasteiger partial charge in [-0.25, -0.2) is 5.01 Å². The Morgan fingerprint density at radius 1 is 1.23 bits per heavy atom. The number of carbonyl (C=O) groups excluding carboxylic acids is 3. The fourth-order valence-electron chi connectivity index (χ4n) is 2.79. The second kappa shape index (κ2) is 8.84. The molecule has 1 aliphatic heterocycles. The molecular weight excluding hydrogens is 360 g/mol. The van der Waals surface area contributed by atoms with Gasteiger partial charge in [0.05, 0.1) is 12.8 Å². The molecule has 8 nitrogen and oxygen atoms in total. The molecule has 0 N–H and O–H groups in total. The summed E-state index contributed by atoms with van der Waals surface area (Å²) in [7, 11) is 3.04. The lowest BCUT2D eigenvalue weighted by molar-refractivity contribution is -0.155. The predicted octanol–water partition coefficient (Wildman–Crippen LogP) is 1.71. The Kier molecular flexibility index (Phi) is 6.79. The molecule has 2 heterocycles. The molecule has 0 bridgehead atoms. The quantitative estimate of drug-likeness (QED) is 0.552. The summed E-state index contributed by atoms with van der Waals surface area (Å²) in [5, 5.41) is 7.51. The van der Waals surface area contributed by atoms with Gasteiger partial charge in [0.25, 0.3) is 5.91 Å². The van der Waals surface area contributed by atoms with E-state index < -0.39 is 0 Å². The maximum atomic E-state index is 12.5. The number of carbonyl (C=O) groups is 3. The summed E-state index contributed by atoms with van der Waals surface area (Å²) in [5.41, 5.74) is 1.40. The first-order valence-corrected chi connectivity index (χ1v) is 8.78. The Hall–Kier alpha value is -2.35. The van der Waals surface area contributed by atoms with Crippen LogP contribution in [0.5, 0.6) is 0 Å². The number of rotatable bonds is 6. The molecule has 1 aliphatic rings. The van der Waals surface area contributed by atoms with Gasteiger partial charge in [-0.2, -0.15) is 5.10 Å². The smallest absolute Gasteiger partial charge is 0.305 e. The Bertz CT molecular complexity index is 729. The minimum absolute atomic E-state index is 0.177. The van der Waals surface area contributed by atoms with Gasteiger partial charge in [-0.15, -0.1) is 0 Å². The highest BCUT2D eigenvalue weighted by molar-refractivity contribution is 6.31. The molecule has 1 fully saturated rings. The van der Waals surface area contributed by atoms with E-state index in [4.69, 9.17) is 11.6 Å². The minimum atomic E-state index is -0.348. The molecule has 0 saturated carbocycles. The highest BCUT2D eigenvalue weighted by Crippen LogP contribution is 2.21. The average Bonchev–Trinajstić information content (AvgIpc) is 3.19. The van der Waals surface area contributed by atoms with E-state index in [1.165, 1.54) is 27.9 Å². The summed E-state index contributed by atoms with van der Waals surface area (Å²) in [5.74, 6) is -0.814. The van der Waals surface area contributed by atoms with Gasteiger partial charge >= 0.3 is 5.97 Å². The van der Waals surface area contributed by atoms with Gasteiger partial charge in [0.15, 0.2) is 0 Å². The van der Waals surface area contributed by atoms with Crippen LogP contribution < -0.4 is 0 Å². The number of aryl methyl sites for hydroxylation is 2. The topological polar surface area (TPSA) is 84.7 Å². The van der Waals surface area contributed by atoms with Crippen molar-refractivity contribution in [1.82, 2.24) is 19.8 Å². The van der Waals surface area contributed by atoms with Crippen molar-refractivity contribution in [3.8, 4) is 0 Å². The third-order valence-corrected chi connectivity index (χ3v) is 4.61. The number of halogens is 1. The van der Waals surface area contributed by atoms with Crippen LogP contribution in [-0.4, -0.2) is 57.8 Å². The van der Waals surface area contributed by atoms with Crippen LogP contribution in [0.1, 0.15) is 36.9 Å². The average molecular weight is 383 g/mol. The molecule has 142 valence electrons. The normalized spacial score (nSPS) is 14.3. The maximum absolute atomic E-state index is 12.5. The Balaban J connectivity index is 1.98. The van der Waals surface area contributed by atoms with Crippen molar-refractivity contribution in [3.05, 3.63) is 22.5 Å². The third kappa shape index (κ3) is 4.63. The van der Waals surface area contributed by atoms with Gasteiger partial charge in [0.2, 0.25) is 5.91 Å². The number of aromatic nitrogens is 2. The molecule has 0 aliphatic carbocycles. The number of hydrazine groups is 1. The number of hydrogen-bond acceptors (Lipinski definition) is 5. The van der Waals surface area contributed by atoms with Crippen molar-refractivity contribution in [2.45, 2.75) is 32.6 Å². The first-order valence-electron chi connectivity index (χ1n) is 8.41. The highest BCUT2D eigenvalue weighted by atomic mass is 35.5. The molecule has 1 saturated heterocycles. The Labute approximate surface area is 157 Å². The molecule has 1 aromatic heterocycles. The van der Waals surface area contributed by atoms with Crippen LogP contribution in [0, 0.1) is 6.92 Å². The van der Waals surface area contributed by atoms with Crippen molar-refractivity contribution in [2.24, 2.45) is 7.05 Å². The predicted molar refractivity (Wildman–Crippen MR) is 95.9 cm³/mol. The summed E-state index contributed by atoms with van der Waals surface area (Å²) in [4.78, 5) is 36.0. The van der Waals surface area contributed by atoms with Gasteiger partial charge in [-0.05, 0) is 25.8 Å². The van der Waals surface area contributed by atoms with Gasteiger partial charge in [0.1, 0.15) is 5.15 Å². The fraction of sp³-hybridized carbons (Fsp3) is 0.529. The number of nitrogens with zero attached hydrogens (tertiary/aromatic N) is 4.